The van der Waals surface area contributed by atoms with Crippen LogP contribution < -0.4 is 16.0 Å². The van der Waals surface area contributed by atoms with Gasteiger partial charge in [0.25, 0.3) is 5.56 Å². The van der Waals surface area contributed by atoms with Gasteiger partial charge in [0.15, 0.2) is 5.82 Å². The highest BCUT2D eigenvalue weighted by atomic mass is 16.5. The normalized spacial score (nSPS) is 9.30. The molecule has 5 nitrogen and oxygen atoms in total. The first-order valence-corrected chi connectivity index (χ1v) is 2.63. The molecule has 1 heterocycles. The highest BCUT2D eigenvalue weighted by Crippen LogP contribution is 2.07. The zero-order chi connectivity index (χ0) is 7.56. The highest BCUT2D eigenvalue weighted by Gasteiger charge is 2.02. The Morgan fingerprint density at radius 2 is 2.50 bits per heavy atom. The van der Waals surface area contributed by atoms with Crippen LogP contribution in [0.4, 0.5) is 5.82 Å². The van der Waals surface area contributed by atoms with Crippen molar-refractivity contribution in [1.29, 1.82) is 0 Å². The Morgan fingerprint density at radius 3 is 2.90 bits per heavy atom. The molecule has 1 aromatic rings. The van der Waals surface area contributed by atoms with Crippen LogP contribution in [0.2, 0.25) is 0 Å². The Morgan fingerprint density at radius 1 is 1.80 bits per heavy atom. The van der Waals surface area contributed by atoms with Crippen molar-refractivity contribution in [3.05, 3.63) is 16.7 Å². The van der Waals surface area contributed by atoms with E-state index in [9.17, 15) is 4.79 Å². The van der Waals surface area contributed by atoms with Crippen LogP contribution in [0.15, 0.2) is 11.1 Å². The number of hydrogen-bond acceptors (Lipinski definition) is 4. The Bertz CT molecular complexity index is 280. The van der Waals surface area contributed by atoms with E-state index >= 15 is 0 Å². The van der Waals surface area contributed by atoms with Crippen LogP contribution >= 0.6 is 0 Å². The van der Waals surface area contributed by atoms with E-state index in [0.29, 0.717) is 0 Å². The number of rotatable bonds is 1. The summed E-state index contributed by atoms with van der Waals surface area (Å²) in [6, 6.07) is 0. The number of H-pyrrole nitrogens is 1. The first-order chi connectivity index (χ1) is 4.75. The molecule has 0 bridgehead atoms. The van der Waals surface area contributed by atoms with Gasteiger partial charge in [-0.1, -0.05) is 0 Å². The Kier molecular flexibility index (Phi) is 1.57. The van der Waals surface area contributed by atoms with E-state index in [2.05, 4.69) is 14.7 Å². The molecule has 10 heavy (non-hydrogen) atoms. The van der Waals surface area contributed by atoms with Crippen molar-refractivity contribution in [3.63, 3.8) is 0 Å². The Hall–Kier alpha value is -1.52. The number of nitrogens with one attached hydrogen (secondary N) is 1. The van der Waals surface area contributed by atoms with Gasteiger partial charge in [0.05, 0.1) is 13.4 Å². The molecule has 0 aromatic carbocycles. The third-order valence-corrected chi connectivity index (χ3v) is 1.04. The van der Waals surface area contributed by atoms with Gasteiger partial charge in [-0.05, 0) is 0 Å². The summed E-state index contributed by atoms with van der Waals surface area (Å²) in [6.45, 7) is 0. The van der Waals surface area contributed by atoms with Gasteiger partial charge in [-0.3, -0.25) is 4.79 Å². The zero-order valence-corrected chi connectivity index (χ0v) is 5.42. The van der Waals surface area contributed by atoms with Crippen molar-refractivity contribution in [2.45, 2.75) is 0 Å². The smallest absolute Gasteiger partial charge is 0.295 e. The molecule has 0 aliphatic carbocycles. The maximum absolute atomic E-state index is 10.8. The van der Waals surface area contributed by atoms with E-state index in [-0.39, 0.29) is 17.1 Å². The van der Waals surface area contributed by atoms with E-state index in [4.69, 9.17) is 5.73 Å². The first-order valence-electron chi connectivity index (χ1n) is 2.63. The number of anilines is 1. The van der Waals surface area contributed by atoms with Gasteiger partial charge in [0.2, 0.25) is 5.75 Å². The molecule has 5 heteroatoms. The van der Waals surface area contributed by atoms with Crippen LogP contribution in [0, 0.1) is 0 Å². The van der Waals surface area contributed by atoms with Crippen LogP contribution in [-0.4, -0.2) is 17.1 Å². The summed E-state index contributed by atoms with van der Waals surface area (Å²) in [5.41, 5.74) is 4.91. The zero-order valence-electron chi connectivity index (χ0n) is 5.42. The van der Waals surface area contributed by atoms with Gasteiger partial charge in [0.1, 0.15) is 0 Å². The molecule has 0 saturated carbocycles. The van der Waals surface area contributed by atoms with E-state index in [1.165, 1.54) is 13.4 Å². The van der Waals surface area contributed by atoms with Crippen LogP contribution in [0.3, 0.4) is 0 Å². The molecule has 0 radical (unpaired) electrons. The summed E-state index contributed by atoms with van der Waals surface area (Å²) in [5.74, 6) is 0.161. The maximum atomic E-state index is 10.8. The lowest BCUT2D eigenvalue weighted by Gasteiger charge is -1.98. The summed E-state index contributed by atoms with van der Waals surface area (Å²) < 4.78 is 4.64. The summed E-state index contributed by atoms with van der Waals surface area (Å²) in [6.07, 6.45) is 1.22. The second-order valence-electron chi connectivity index (χ2n) is 1.65. The van der Waals surface area contributed by atoms with Gasteiger partial charge in [-0.2, -0.15) is 0 Å². The summed E-state index contributed by atoms with van der Waals surface area (Å²) in [4.78, 5) is 16.7. The minimum Gasteiger partial charge on any atom is -0.489 e. The number of nitrogens with two attached hydrogens (primary N) is 1. The van der Waals surface area contributed by atoms with Crippen molar-refractivity contribution < 1.29 is 4.74 Å². The lowest BCUT2D eigenvalue weighted by molar-refractivity contribution is 0.408. The summed E-state index contributed by atoms with van der Waals surface area (Å²) >= 11 is 0. The molecule has 1 rings (SSSR count). The molecule has 54 valence electrons. The van der Waals surface area contributed by atoms with Crippen LogP contribution in [-0.2, 0) is 0 Å². The molecule has 0 fully saturated rings. The van der Waals surface area contributed by atoms with E-state index in [1.54, 1.807) is 0 Å². The predicted molar refractivity (Wildman–Crippen MR) is 35.8 cm³/mol. The third kappa shape index (κ3) is 0.928. The van der Waals surface area contributed by atoms with Crippen LogP contribution in [0.1, 0.15) is 0 Å². The molecule has 1 aromatic heterocycles. The molecule has 0 atom stereocenters. The van der Waals surface area contributed by atoms with Gasteiger partial charge < -0.3 is 15.5 Å². The molecular formula is C5H7N3O2. The SMILES string of the molecule is COc1c(N)nc[nH]c1=O. The Balaban J connectivity index is 3.31. The van der Waals surface area contributed by atoms with Crippen molar-refractivity contribution in [3.8, 4) is 5.75 Å². The molecule has 0 spiro atoms. The van der Waals surface area contributed by atoms with Crippen molar-refractivity contribution in [1.82, 2.24) is 9.97 Å². The molecular weight excluding hydrogens is 134 g/mol. The van der Waals surface area contributed by atoms with Crippen molar-refractivity contribution in [2.75, 3.05) is 12.8 Å². The molecule has 3 N–H and O–H groups in total. The minimum atomic E-state index is -0.366. The van der Waals surface area contributed by atoms with Gasteiger partial charge >= 0.3 is 0 Å². The predicted octanol–water partition coefficient (Wildman–Crippen LogP) is -0.639. The van der Waals surface area contributed by atoms with Crippen LogP contribution in [0.5, 0.6) is 5.75 Å². The summed E-state index contributed by atoms with van der Waals surface area (Å²) in [5, 5.41) is 0. The lowest BCUT2D eigenvalue weighted by Crippen LogP contribution is -2.12. The number of methoxy groups -OCH3 is 1. The standard InChI is InChI=1S/C5H7N3O2/c1-10-3-4(6)7-2-8-5(3)9/h2H,1H3,(H3,6,7,8,9). The van der Waals surface area contributed by atoms with E-state index in [1.807, 2.05) is 0 Å². The molecule has 0 aliphatic rings. The lowest BCUT2D eigenvalue weighted by atomic mass is 10.5. The average Bonchev–Trinajstić information content (AvgIpc) is 1.88. The number of nitrogens with zero attached hydrogens (tertiary/aromatic N) is 1. The fraction of sp³-hybridized carbons (Fsp3) is 0.200. The summed E-state index contributed by atoms with van der Waals surface area (Å²) in [7, 11) is 1.36. The Labute approximate surface area is 56.9 Å². The minimum absolute atomic E-state index is 0.0579. The molecule has 0 saturated heterocycles. The second-order valence-corrected chi connectivity index (χ2v) is 1.65. The number of aromatic nitrogens is 2. The molecule has 0 unspecified atom stereocenters. The fourth-order valence-corrected chi connectivity index (χ4v) is 0.598. The topological polar surface area (TPSA) is 81.0 Å². The van der Waals surface area contributed by atoms with Gasteiger partial charge in [0, 0.05) is 0 Å². The van der Waals surface area contributed by atoms with Gasteiger partial charge in [-0.25, -0.2) is 4.98 Å². The van der Waals surface area contributed by atoms with E-state index < -0.39 is 0 Å². The quantitative estimate of drug-likeness (QED) is 0.545. The second kappa shape index (κ2) is 2.38. The van der Waals surface area contributed by atoms with E-state index in [0.717, 1.165) is 0 Å². The molecule has 0 amide bonds. The number of nitrogen functional groups attached to an aromatic ring is 1. The molecule has 0 aliphatic heterocycles. The third-order valence-electron chi connectivity index (χ3n) is 1.04. The van der Waals surface area contributed by atoms with Crippen molar-refractivity contribution in [2.24, 2.45) is 0 Å². The maximum Gasteiger partial charge on any atom is 0.295 e. The van der Waals surface area contributed by atoms with Gasteiger partial charge in [-0.15, -0.1) is 0 Å². The number of hydrogen-bond donors (Lipinski definition) is 2. The largest absolute Gasteiger partial charge is 0.489 e. The van der Waals surface area contributed by atoms with Crippen LogP contribution in [0.25, 0.3) is 0 Å². The highest BCUT2D eigenvalue weighted by molar-refractivity contribution is 5.42. The fourth-order valence-electron chi connectivity index (χ4n) is 0.598. The average molecular weight is 141 g/mol. The van der Waals surface area contributed by atoms with Crippen molar-refractivity contribution >= 4 is 5.82 Å². The number of ether oxygens (including phenoxy) is 1. The first kappa shape index (κ1) is 6.60. The number of aromatic amines is 1. The monoisotopic (exact) mass is 141 g/mol.